The van der Waals surface area contributed by atoms with Gasteiger partial charge in [-0.25, -0.2) is 0 Å². The summed E-state index contributed by atoms with van der Waals surface area (Å²) in [5.74, 6) is 0. The van der Waals surface area contributed by atoms with Gasteiger partial charge in [0.15, 0.2) is 0 Å². The second-order valence-electron chi connectivity index (χ2n) is 2.80. The largest absolute Gasteiger partial charge is 0.324 e. The number of nitro groups is 1. The van der Waals surface area contributed by atoms with Crippen LogP contribution in [-0.4, -0.2) is 11.5 Å². The molecule has 14 heavy (non-hydrogen) atoms. The summed E-state index contributed by atoms with van der Waals surface area (Å²) in [5.41, 5.74) is 0.964. The first-order chi connectivity index (χ1) is 6.74. The van der Waals surface area contributed by atoms with E-state index in [-0.39, 0.29) is 9.92 Å². The van der Waals surface area contributed by atoms with E-state index in [0.29, 0.717) is 6.54 Å². The van der Waals surface area contributed by atoms with Gasteiger partial charge < -0.3 is 5.32 Å². The average Bonchev–Trinajstić information content (AvgIpc) is 2.61. The van der Waals surface area contributed by atoms with Crippen molar-refractivity contribution in [3.63, 3.8) is 0 Å². The summed E-state index contributed by atoms with van der Waals surface area (Å²) in [6, 6.07) is 1.60. The van der Waals surface area contributed by atoms with E-state index >= 15 is 0 Å². The fraction of sp³-hybridized carbons (Fsp3) is 0.333. The van der Waals surface area contributed by atoms with Crippen LogP contribution in [0.3, 0.4) is 0 Å². The SMILES string of the molecule is C=CCCNCc1csc([N+](=O)[O-])c1. The number of nitrogens with one attached hydrogen (secondary N) is 1. The van der Waals surface area contributed by atoms with Crippen LogP contribution < -0.4 is 5.32 Å². The molecule has 4 nitrogen and oxygen atoms in total. The van der Waals surface area contributed by atoms with Crippen molar-refractivity contribution < 1.29 is 4.92 Å². The molecule has 0 aliphatic heterocycles. The third-order valence-corrected chi connectivity index (χ3v) is 2.60. The zero-order chi connectivity index (χ0) is 10.4. The Bertz CT molecular complexity index is 322. The standard InChI is InChI=1S/C9H12N2O2S/c1-2-3-4-10-6-8-5-9(11(12)13)14-7-8/h2,5,7,10H,1,3-4,6H2. The molecule has 0 amide bonds. The molecule has 0 spiro atoms. The maximum absolute atomic E-state index is 10.4. The topological polar surface area (TPSA) is 55.2 Å². The molecule has 0 aromatic carbocycles. The number of nitrogens with zero attached hydrogens (tertiary/aromatic N) is 1. The van der Waals surface area contributed by atoms with E-state index in [2.05, 4.69) is 11.9 Å². The van der Waals surface area contributed by atoms with Crippen molar-refractivity contribution in [2.75, 3.05) is 6.54 Å². The molecule has 0 atom stereocenters. The lowest BCUT2D eigenvalue weighted by molar-refractivity contribution is -0.380. The van der Waals surface area contributed by atoms with Crippen LogP contribution in [0.2, 0.25) is 0 Å². The highest BCUT2D eigenvalue weighted by atomic mass is 32.1. The molecule has 0 saturated heterocycles. The molecule has 1 rings (SSSR count). The Balaban J connectivity index is 2.36. The summed E-state index contributed by atoms with van der Waals surface area (Å²) in [5, 5.41) is 15.5. The van der Waals surface area contributed by atoms with Gasteiger partial charge in [0.25, 0.3) is 0 Å². The third-order valence-electron chi connectivity index (χ3n) is 1.67. The molecule has 0 aliphatic rings. The van der Waals surface area contributed by atoms with E-state index < -0.39 is 0 Å². The molecule has 1 aromatic heterocycles. The van der Waals surface area contributed by atoms with E-state index in [1.807, 2.05) is 6.08 Å². The minimum Gasteiger partial charge on any atom is -0.312 e. The predicted molar refractivity (Wildman–Crippen MR) is 57.5 cm³/mol. The summed E-state index contributed by atoms with van der Waals surface area (Å²) in [7, 11) is 0. The van der Waals surface area contributed by atoms with Gasteiger partial charge in [0.05, 0.1) is 4.92 Å². The summed E-state index contributed by atoms with van der Waals surface area (Å²) in [4.78, 5) is 10.0. The maximum atomic E-state index is 10.4. The average molecular weight is 212 g/mol. The highest BCUT2D eigenvalue weighted by molar-refractivity contribution is 7.13. The van der Waals surface area contributed by atoms with Crippen molar-refractivity contribution in [1.29, 1.82) is 0 Å². The number of rotatable bonds is 6. The first-order valence-corrected chi connectivity index (χ1v) is 5.15. The van der Waals surface area contributed by atoms with Crippen molar-refractivity contribution >= 4 is 16.3 Å². The molecule has 0 aliphatic carbocycles. The summed E-state index contributed by atoms with van der Waals surface area (Å²) >= 11 is 1.16. The Kier molecular flexibility index (Phi) is 4.28. The summed E-state index contributed by atoms with van der Waals surface area (Å²) < 4.78 is 0. The number of hydrogen-bond acceptors (Lipinski definition) is 4. The lowest BCUT2D eigenvalue weighted by Crippen LogP contribution is -2.13. The molecular formula is C9H12N2O2S. The van der Waals surface area contributed by atoms with Crippen molar-refractivity contribution in [2.45, 2.75) is 13.0 Å². The highest BCUT2D eigenvalue weighted by Gasteiger charge is 2.08. The summed E-state index contributed by atoms with van der Waals surface area (Å²) in [6.07, 6.45) is 2.75. The number of hydrogen-bond donors (Lipinski definition) is 1. The Morgan fingerprint density at radius 2 is 2.50 bits per heavy atom. The molecule has 76 valence electrons. The molecular weight excluding hydrogens is 200 g/mol. The van der Waals surface area contributed by atoms with Gasteiger partial charge in [-0.1, -0.05) is 17.4 Å². The van der Waals surface area contributed by atoms with Gasteiger partial charge >= 0.3 is 5.00 Å². The summed E-state index contributed by atoms with van der Waals surface area (Å²) in [6.45, 7) is 5.14. The van der Waals surface area contributed by atoms with E-state index in [0.717, 1.165) is 29.9 Å². The maximum Gasteiger partial charge on any atom is 0.324 e. The molecule has 0 unspecified atom stereocenters. The molecule has 1 aromatic rings. The van der Waals surface area contributed by atoms with Crippen LogP contribution in [0.25, 0.3) is 0 Å². The normalized spacial score (nSPS) is 10.0. The van der Waals surface area contributed by atoms with Crippen LogP contribution >= 0.6 is 11.3 Å². The quantitative estimate of drug-likeness (QED) is 0.341. The zero-order valence-corrected chi connectivity index (χ0v) is 8.55. The van der Waals surface area contributed by atoms with Crippen molar-refractivity contribution in [2.24, 2.45) is 0 Å². The minimum absolute atomic E-state index is 0.200. The zero-order valence-electron chi connectivity index (χ0n) is 7.73. The first-order valence-electron chi connectivity index (χ1n) is 4.27. The van der Waals surface area contributed by atoms with E-state index in [1.54, 1.807) is 11.4 Å². The van der Waals surface area contributed by atoms with Gasteiger partial charge in [-0.15, -0.1) is 6.58 Å². The van der Waals surface area contributed by atoms with E-state index in [4.69, 9.17) is 0 Å². The van der Waals surface area contributed by atoms with Crippen LogP contribution in [0, 0.1) is 10.1 Å². The van der Waals surface area contributed by atoms with Gasteiger partial charge in [0, 0.05) is 18.0 Å². The first kappa shape index (κ1) is 10.9. The second-order valence-corrected chi connectivity index (χ2v) is 3.69. The molecule has 0 fully saturated rings. The van der Waals surface area contributed by atoms with Gasteiger partial charge in [-0.2, -0.15) is 0 Å². The lowest BCUT2D eigenvalue weighted by atomic mass is 10.3. The van der Waals surface area contributed by atoms with Gasteiger partial charge in [0.1, 0.15) is 0 Å². The molecule has 0 bridgehead atoms. The smallest absolute Gasteiger partial charge is 0.312 e. The fourth-order valence-electron chi connectivity index (χ4n) is 0.988. The van der Waals surface area contributed by atoms with Gasteiger partial charge in [-0.3, -0.25) is 10.1 Å². The van der Waals surface area contributed by atoms with Crippen LogP contribution in [-0.2, 0) is 6.54 Å². The van der Waals surface area contributed by atoms with Crippen LogP contribution in [0.1, 0.15) is 12.0 Å². The third kappa shape index (κ3) is 3.27. The Morgan fingerprint density at radius 3 is 3.07 bits per heavy atom. The highest BCUT2D eigenvalue weighted by Crippen LogP contribution is 2.22. The van der Waals surface area contributed by atoms with Crippen molar-refractivity contribution in [1.82, 2.24) is 5.32 Å². The van der Waals surface area contributed by atoms with E-state index in [1.165, 1.54) is 0 Å². The van der Waals surface area contributed by atoms with Crippen LogP contribution in [0.15, 0.2) is 24.1 Å². The second kappa shape index (κ2) is 5.51. The molecule has 1 heterocycles. The molecule has 0 radical (unpaired) electrons. The molecule has 1 N–H and O–H groups in total. The Labute approximate surface area is 86.4 Å². The number of thiophene rings is 1. The Morgan fingerprint density at radius 1 is 1.71 bits per heavy atom. The molecule has 5 heteroatoms. The predicted octanol–water partition coefficient (Wildman–Crippen LogP) is 2.32. The lowest BCUT2D eigenvalue weighted by Gasteiger charge is -1.98. The van der Waals surface area contributed by atoms with Gasteiger partial charge in [-0.05, 0) is 18.5 Å². The van der Waals surface area contributed by atoms with Crippen molar-refractivity contribution in [3.8, 4) is 0 Å². The monoisotopic (exact) mass is 212 g/mol. The molecule has 0 saturated carbocycles. The Hall–Kier alpha value is -1.20. The minimum atomic E-state index is -0.363. The van der Waals surface area contributed by atoms with Gasteiger partial charge in [0.2, 0.25) is 0 Å². The fourth-order valence-corrected chi connectivity index (χ4v) is 1.72. The van der Waals surface area contributed by atoms with Crippen LogP contribution in [0.4, 0.5) is 5.00 Å². The van der Waals surface area contributed by atoms with Crippen LogP contribution in [0.5, 0.6) is 0 Å². The van der Waals surface area contributed by atoms with E-state index in [9.17, 15) is 10.1 Å². The van der Waals surface area contributed by atoms with Crippen molar-refractivity contribution in [3.05, 3.63) is 39.8 Å².